The lowest BCUT2D eigenvalue weighted by atomic mass is 9.78. The summed E-state index contributed by atoms with van der Waals surface area (Å²) < 4.78 is 0. The van der Waals surface area contributed by atoms with E-state index in [0.29, 0.717) is 41.1 Å². The summed E-state index contributed by atoms with van der Waals surface area (Å²) in [6.07, 6.45) is 7.82. The van der Waals surface area contributed by atoms with Crippen LogP contribution < -0.4 is 5.32 Å². The van der Waals surface area contributed by atoms with Crippen molar-refractivity contribution in [2.75, 3.05) is 13.1 Å². The predicted molar refractivity (Wildman–Crippen MR) is 137 cm³/mol. The number of rotatable bonds is 5. The van der Waals surface area contributed by atoms with Crippen molar-refractivity contribution in [1.82, 2.24) is 10.2 Å². The van der Waals surface area contributed by atoms with Crippen LogP contribution in [0, 0.1) is 5.92 Å². The number of carbonyl (C=O) groups excluding carboxylic acids is 2. The molecule has 2 atom stereocenters. The van der Waals surface area contributed by atoms with E-state index in [1.54, 1.807) is 0 Å². The van der Waals surface area contributed by atoms with Gasteiger partial charge in [-0.05, 0) is 72.6 Å². The molecule has 0 radical (unpaired) electrons. The van der Waals surface area contributed by atoms with Crippen LogP contribution in [0.5, 0.6) is 0 Å². The number of nitrogens with one attached hydrogen (secondary N) is 1. The monoisotopic (exact) mass is 474 g/mol. The highest BCUT2D eigenvalue weighted by atomic mass is 35.5. The van der Waals surface area contributed by atoms with E-state index >= 15 is 0 Å². The maximum atomic E-state index is 13.7. The van der Waals surface area contributed by atoms with Gasteiger partial charge in [-0.15, -0.1) is 0 Å². The van der Waals surface area contributed by atoms with Crippen LogP contribution in [0.4, 0.5) is 0 Å². The fraction of sp³-hybridized carbons (Fsp3) is 0.379. The third-order valence-electron chi connectivity index (χ3n) is 7.54. The maximum absolute atomic E-state index is 13.7. The van der Waals surface area contributed by atoms with Gasteiger partial charge in [0, 0.05) is 35.3 Å². The Morgan fingerprint density at radius 3 is 2.35 bits per heavy atom. The highest BCUT2D eigenvalue weighted by molar-refractivity contribution is 6.31. The molecule has 1 saturated carbocycles. The second kappa shape index (κ2) is 10.2. The molecule has 3 aromatic rings. The van der Waals surface area contributed by atoms with Crippen molar-refractivity contribution in [2.24, 2.45) is 5.92 Å². The van der Waals surface area contributed by atoms with Crippen LogP contribution in [0.2, 0.25) is 5.02 Å². The Hall–Kier alpha value is -2.85. The minimum absolute atomic E-state index is 0.110. The molecule has 176 valence electrons. The molecule has 5 heteroatoms. The largest absolute Gasteiger partial charge is 0.352 e. The zero-order chi connectivity index (χ0) is 23.5. The minimum Gasteiger partial charge on any atom is -0.352 e. The molecule has 2 aliphatic rings. The number of fused-ring (bicyclic) bond motifs is 2. The van der Waals surface area contributed by atoms with E-state index in [4.69, 9.17) is 11.6 Å². The summed E-state index contributed by atoms with van der Waals surface area (Å²) >= 11 is 6.24. The molecule has 1 saturated heterocycles. The van der Waals surface area contributed by atoms with Crippen LogP contribution in [-0.4, -0.2) is 35.8 Å². The standard InChI is InChI=1S/C29H31ClN2O2/c30-26-13-5-1-8-20(26)17-18-31-28(33)24-15-16-25(23-12-4-3-11-22(23)24)29(34)32-19-7-10-21-9-2-6-14-27(21)32/h1,3-5,8,11-13,15-16,21,27H,2,6-7,9-10,14,17-19H2,(H,31,33)/t21-,27?/m1/s1. The van der Waals surface area contributed by atoms with Crippen molar-refractivity contribution >= 4 is 34.2 Å². The van der Waals surface area contributed by atoms with E-state index in [1.807, 2.05) is 60.7 Å². The molecule has 2 amide bonds. The second-order valence-corrected chi connectivity index (χ2v) is 9.96. The molecule has 3 aromatic carbocycles. The zero-order valence-corrected chi connectivity index (χ0v) is 20.2. The van der Waals surface area contributed by atoms with Gasteiger partial charge in [-0.3, -0.25) is 9.59 Å². The summed E-state index contributed by atoms with van der Waals surface area (Å²) in [6, 6.07) is 19.5. The lowest BCUT2D eigenvalue weighted by molar-refractivity contribution is 0.0392. The Morgan fingerprint density at radius 1 is 0.853 bits per heavy atom. The van der Waals surface area contributed by atoms with Gasteiger partial charge >= 0.3 is 0 Å². The fourth-order valence-corrected chi connectivity index (χ4v) is 6.05. The van der Waals surface area contributed by atoms with Gasteiger partial charge in [0.05, 0.1) is 0 Å². The molecule has 0 spiro atoms. The molecule has 1 N–H and O–H groups in total. The molecule has 0 bridgehead atoms. The first-order valence-electron chi connectivity index (χ1n) is 12.5. The molecule has 0 aromatic heterocycles. The van der Waals surface area contributed by atoms with Crippen LogP contribution in [0.1, 0.15) is 64.8 Å². The van der Waals surface area contributed by atoms with Crippen LogP contribution >= 0.6 is 11.6 Å². The summed E-state index contributed by atoms with van der Waals surface area (Å²) in [4.78, 5) is 28.9. The molecular formula is C29H31ClN2O2. The summed E-state index contributed by atoms with van der Waals surface area (Å²) in [5.41, 5.74) is 2.31. The number of likely N-dealkylation sites (tertiary alicyclic amines) is 1. The molecule has 1 aliphatic carbocycles. The summed E-state index contributed by atoms with van der Waals surface area (Å²) in [7, 11) is 0. The Bertz CT molecular complexity index is 1210. The quantitative estimate of drug-likeness (QED) is 0.474. The maximum Gasteiger partial charge on any atom is 0.254 e. The van der Waals surface area contributed by atoms with Crippen LogP contribution in [0.15, 0.2) is 60.7 Å². The average molecular weight is 475 g/mol. The smallest absolute Gasteiger partial charge is 0.254 e. The minimum atomic E-state index is -0.132. The first-order valence-corrected chi connectivity index (χ1v) is 12.9. The van der Waals surface area contributed by atoms with Gasteiger partial charge in [0.15, 0.2) is 0 Å². The summed E-state index contributed by atoms with van der Waals surface area (Å²) in [6.45, 7) is 1.33. The molecule has 1 aliphatic heterocycles. The molecule has 5 rings (SSSR count). The normalized spacial score (nSPS) is 20.1. The van der Waals surface area contributed by atoms with Crippen LogP contribution in [0.3, 0.4) is 0 Å². The summed E-state index contributed by atoms with van der Waals surface area (Å²) in [5, 5.41) is 5.41. The third-order valence-corrected chi connectivity index (χ3v) is 7.91. The Kier molecular flexibility index (Phi) is 6.87. The van der Waals surface area contributed by atoms with Gasteiger partial charge in [-0.25, -0.2) is 0 Å². The zero-order valence-electron chi connectivity index (χ0n) is 19.4. The molecule has 4 nitrogen and oxygen atoms in total. The van der Waals surface area contributed by atoms with Crippen LogP contribution in [-0.2, 0) is 6.42 Å². The topological polar surface area (TPSA) is 49.4 Å². The fourth-order valence-electron chi connectivity index (χ4n) is 5.82. The number of halogens is 1. The van der Waals surface area contributed by atoms with E-state index in [-0.39, 0.29) is 11.8 Å². The van der Waals surface area contributed by atoms with Gasteiger partial charge < -0.3 is 10.2 Å². The van der Waals surface area contributed by atoms with E-state index in [0.717, 1.165) is 35.7 Å². The Balaban J connectivity index is 1.37. The predicted octanol–water partition coefficient (Wildman–Crippen LogP) is 6.26. The highest BCUT2D eigenvalue weighted by Gasteiger charge is 2.36. The summed E-state index contributed by atoms with van der Waals surface area (Å²) in [5.74, 6) is 0.618. The van der Waals surface area contributed by atoms with Gasteiger partial charge in [0.1, 0.15) is 0 Å². The molecule has 1 heterocycles. The van der Waals surface area contributed by atoms with Gasteiger partial charge in [0.2, 0.25) is 0 Å². The average Bonchev–Trinajstić information content (AvgIpc) is 2.88. The van der Waals surface area contributed by atoms with E-state index < -0.39 is 0 Å². The van der Waals surface area contributed by atoms with Gasteiger partial charge in [-0.1, -0.05) is 66.9 Å². The first-order chi connectivity index (χ1) is 16.6. The number of carbonyl (C=O) groups is 2. The molecule has 34 heavy (non-hydrogen) atoms. The van der Waals surface area contributed by atoms with Crippen molar-refractivity contribution in [2.45, 2.75) is 51.0 Å². The van der Waals surface area contributed by atoms with Gasteiger partial charge in [0.25, 0.3) is 11.8 Å². The van der Waals surface area contributed by atoms with Crippen molar-refractivity contribution in [3.8, 4) is 0 Å². The van der Waals surface area contributed by atoms with Gasteiger partial charge in [-0.2, -0.15) is 0 Å². The SMILES string of the molecule is O=C(NCCc1ccccc1Cl)c1ccc(C(=O)N2CCC[C@H]3CCCCC32)c2ccccc12. The van der Waals surface area contributed by atoms with Crippen molar-refractivity contribution < 1.29 is 9.59 Å². The van der Waals surface area contributed by atoms with Crippen molar-refractivity contribution in [3.63, 3.8) is 0 Å². The number of hydrogen-bond donors (Lipinski definition) is 1. The van der Waals surface area contributed by atoms with Crippen molar-refractivity contribution in [3.05, 3.63) is 82.4 Å². The highest BCUT2D eigenvalue weighted by Crippen LogP contribution is 2.36. The first kappa shape index (κ1) is 22.9. The second-order valence-electron chi connectivity index (χ2n) is 9.56. The number of nitrogens with zero attached hydrogens (tertiary/aromatic N) is 1. The van der Waals surface area contributed by atoms with E-state index in [1.165, 1.54) is 25.7 Å². The number of piperidine rings is 1. The lowest BCUT2D eigenvalue weighted by Crippen LogP contribution is -2.49. The number of amides is 2. The van der Waals surface area contributed by atoms with E-state index in [9.17, 15) is 9.59 Å². The third kappa shape index (κ3) is 4.56. The number of benzene rings is 3. The number of hydrogen-bond acceptors (Lipinski definition) is 2. The van der Waals surface area contributed by atoms with E-state index in [2.05, 4.69) is 10.2 Å². The molecule has 2 fully saturated rings. The lowest BCUT2D eigenvalue weighted by Gasteiger charge is -2.44. The van der Waals surface area contributed by atoms with Crippen LogP contribution in [0.25, 0.3) is 10.8 Å². The Morgan fingerprint density at radius 2 is 1.53 bits per heavy atom. The molecule has 1 unspecified atom stereocenters. The Labute approximate surface area is 206 Å². The van der Waals surface area contributed by atoms with Crippen molar-refractivity contribution in [1.29, 1.82) is 0 Å². The molecular weight excluding hydrogens is 444 g/mol.